The molecule has 0 spiro atoms. The molecule has 0 radical (unpaired) electrons. The first-order chi connectivity index (χ1) is 11.4. The number of halogens is 1. The van der Waals surface area contributed by atoms with Crippen LogP contribution in [0.1, 0.15) is 25.9 Å². The first kappa shape index (κ1) is 16.1. The summed E-state index contributed by atoms with van der Waals surface area (Å²) in [5.41, 5.74) is 1.47. The molecule has 3 aromatic rings. The van der Waals surface area contributed by atoms with E-state index in [2.05, 4.69) is 15.0 Å². The maximum atomic E-state index is 13.4. The molecule has 6 nitrogen and oxygen atoms in total. The van der Waals surface area contributed by atoms with Crippen LogP contribution < -0.4 is 5.32 Å². The molecule has 1 N–H and O–H groups in total. The van der Waals surface area contributed by atoms with E-state index in [1.807, 2.05) is 0 Å². The number of amides is 1. The van der Waals surface area contributed by atoms with Gasteiger partial charge in [-0.1, -0.05) is 11.3 Å². The highest BCUT2D eigenvalue weighted by Crippen LogP contribution is 2.25. The lowest BCUT2D eigenvalue weighted by Gasteiger charge is -2.03. The highest BCUT2D eigenvalue weighted by atomic mass is 32.1. The van der Waals surface area contributed by atoms with Gasteiger partial charge in [0.05, 0.1) is 18.3 Å². The highest BCUT2D eigenvalue weighted by molar-refractivity contribution is 7.17. The Hall–Kier alpha value is -2.74. The summed E-state index contributed by atoms with van der Waals surface area (Å²) in [6.07, 6.45) is 0. The van der Waals surface area contributed by atoms with Gasteiger partial charge in [0, 0.05) is 12.4 Å². The van der Waals surface area contributed by atoms with Gasteiger partial charge in [0.25, 0.3) is 5.91 Å². The molecule has 0 atom stereocenters. The predicted molar refractivity (Wildman–Crippen MR) is 89.0 cm³/mol. The zero-order chi connectivity index (χ0) is 17.4. The molecule has 1 amide bonds. The third-order valence-electron chi connectivity index (χ3n) is 3.63. The Morgan fingerprint density at radius 1 is 1.33 bits per heavy atom. The van der Waals surface area contributed by atoms with Gasteiger partial charge in [-0.25, -0.2) is 14.2 Å². The number of rotatable bonds is 3. The molecular formula is C16H14FN3O3S. The van der Waals surface area contributed by atoms with E-state index < -0.39 is 5.97 Å². The number of ether oxygens (including phenoxy) is 1. The highest BCUT2D eigenvalue weighted by Gasteiger charge is 2.19. The first-order valence-corrected chi connectivity index (χ1v) is 7.84. The monoisotopic (exact) mass is 347 g/mol. The van der Waals surface area contributed by atoms with Gasteiger partial charge in [0.1, 0.15) is 16.4 Å². The van der Waals surface area contributed by atoms with E-state index in [0.29, 0.717) is 26.9 Å². The van der Waals surface area contributed by atoms with Crippen molar-refractivity contribution in [2.24, 2.45) is 7.05 Å². The molecule has 0 saturated heterocycles. The van der Waals surface area contributed by atoms with Crippen molar-refractivity contribution in [1.29, 1.82) is 0 Å². The molecule has 2 aromatic heterocycles. The topological polar surface area (TPSA) is 73.2 Å². The number of aryl methyl sites for hydroxylation is 2. The van der Waals surface area contributed by atoms with E-state index in [0.717, 1.165) is 16.7 Å². The lowest BCUT2D eigenvalue weighted by Crippen LogP contribution is -2.15. The van der Waals surface area contributed by atoms with Crippen LogP contribution in [-0.2, 0) is 11.8 Å². The molecule has 0 fully saturated rings. The average molecular weight is 347 g/mol. The average Bonchev–Trinajstić information content (AvgIpc) is 3.07. The lowest BCUT2D eigenvalue weighted by molar-refractivity contribution is 0.0605. The maximum Gasteiger partial charge on any atom is 0.350 e. The Balaban J connectivity index is 1.90. The van der Waals surface area contributed by atoms with E-state index in [1.54, 1.807) is 30.7 Å². The number of thiazole rings is 1. The predicted octanol–water partition coefficient (Wildman–Crippen LogP) is 3.12. The number of nitrogens with zero attached hydrogens (tertiary/aromatic N) is 2. The molecule has 24 heavy (non-hydrogen) atoms. The number of anilines is 1. The van der Waals surface area contributed by atoms with Crippen molar-refractivity contribution in [2.45, 2.75) is 6.92 Å². The summed E-state index contributed by atoms with van der Waals surface area (Å²) < 4.78 is 19.6. The molecule has 0 unspecified atom stereocenters. The normalized spacial score (nSPS) is 10.8. The number of carbonyl (C=O) groups is 2. The van der Waals surface area contributed by atoms with Crippen LogP contribution in [0.25, 0.3) is 10.9 Å². The quantitative estimate of drug-likeness (QED) is 0.739. The van der Waals surface area contributed by atoms with Gasteiger partial charge in [-0.3, -0.25) is 10.1 Å². The van der Waals surface area contributed by atoms with Crippen molar-refractivity contribution in [3.63, 3.8) is 0 Å². The lowest BCUT2D eigenvalue weighted by atomic mass is 10.2. The molecule has 0 aliphatic rings. The molecular weight excluding hydrogens is 333 g/mol. The summed E-state index contributed by atoms with van der Waals surface area (Å²) in [6.45, 7) is 1.66. The number of esters is 1. The van der Waals surface area contributed by atoms with E-state index in [4.69, 9.17) is 0 Å². The summed E-state index contributed by atoms with van der Waals surface area (Å²) in [4.78, 5) is 28.6. The molecule has 124 valence electrons. The maximum absolute atomic E-state index is 13.4. The Labute approximate surface area is 140 Å². The van der Waals surface area contributed by atoms with E-state index in [9.17, 15) is 14.0 Å². The number of methoxy groups -OCH3 is 1. The van der Waals surface area contributed by atoms with Crippen LogP contribution in [-0.4, -0.2) is 28.5 Å². The Kier molecular flexibility index (Phi) is 4.06. The molecule has 0 bridgehead atoms. The fraction of sp³-hybridized carbons (Fsp3) is 0.188. The zero-order valence-corrected chi connectivity index (χ0v) is 14.0. The van der Waals surface area contributed by atoms with E-state index in [-0.39, 0.29) is 11.7 Å². The first-order valence-electron chi connectivity index (χ1n) is 7.02. The van der Waals surface area contributed by atoms with Gasteiger partial charge in [-0.15, -0.1) is 0 Å². The Bertz CT molecular complexity index is 961. The van der Waals surface area contributed by atoms with Crippen molar-refractivity contribution in [1.82, 2.24) is 9.55 Å². The summed E-state index contributed by atoms with van der Waals surface area (Å²) >= 11 is 1.04. The summed E-state index contributed by atoms with van der Waals surface area (Å²) in [7, 11) is 2.97. The van der Waals surface area contributed by atoms with Crippen molar-refractivity contribution < 1.29 is 18.7 Å². The molecule has 1 aromatic carbocycles. The van der Waals surface area contributed by atoms with Crippen LogP contribution in [0, 0.1) is 12.7 Å². The number of hydrogen-bond donors (Lipinski definition) is 1. The van der Waals surface area contributed by atoms with Gasteiger partial charge >= 0.3 is 5.97 Å². The summed E-state index contributed by atoms with van der Waals surface area (Å²) in [5, 5.41) is 3.72. The summed E-state index contributed by atoms with van der Waals surface area (Å²) in [5.74, 6) is -1.25. The van der Waals surface area contributed by atoms with Crippen molar-refractivity contribution in [3.05, 3.63) is 46.3 Å². The molecule has 0 aliphatic heterocycles. The van der Waals surface area contributed by atoms with Crippen molar-refractivity contribution in [2.75, 3.05) is 12.4 Å². The largest absolute Gasteiger partial charge is 0.465 e. The Morgan fingerprint density at radius 2 is 2.08 bits per heavy atom. The fourth-order valence-electron chi connectivity index (χ4n) is 2.41. The standard InChI is InChI=1S/C16H14FN3O3S/c1-8-13(15(22)23-3)24-16(18-8)19-14(21)12-6-9-4-5-10(17)7-11(9)20(12)2/h4-7H,1-3H3,(H,18,19,21). The number of carbonyl (C=O) groups excluding carboxylic acids is 2. The van der Waals surface area contributed by atoms with Crippen LogP contribution in [0.5, 0.6) is 0 Å². The van der Waals surface area contributed by atoms with Crippen LogP contribution in [0.3, 0.4) is 0 Å². The number of fused-ring (bicyclic) bond motifs is 1. The minimum atomic E-state index is -0.495. The van der Waals surface area contributed by atoms with E-state index >= 15 is 0 Å². The third-order valence-corrected chi connectivity index (χ3v) is 4.68. The minimum Gasteiger partial charge on any atom is -0.465 e. The number of nitrogens with one attached hydrogen (secondary N) is 1. The van der Waals surface area contributed by atoms with Gasteiger partial charge in [0.2, 0.25) is 0 Å². The van der Waals surface area contributed by atoms with E-state index in [1.165, 1.54) is 19.2 Å². The van der Waals surface area contributed by atoms with Crippen molar-refractivity contribution in [3.8, 4) is 0 Å². The second-order valence-corrected chi connectivity index (χ2v) is 6.17. The van der Waals surface area contributed by atoms with Gasteiger partial charge < -0.3 is 9.30 Å². The minimum absolute atomic E-state index is 0.300. The molecule has 0 aliphatic carbocycles. The van der Waals surface area contributed by atoms with Gasteiger partial charge in [-0.2, -0.15) is 0 Å². The Morgan fingerprint density at radius 3 is 2.79 bits per heavy atom. The van der Waals surface area contributed by atoms with Gasteiger partial charge in [-0.05, 0) is 31.2 Å². The fourth-order valence-corrected chi connectivity index (χ4v) is 3.29. The van der Waals surface area contributed by atoms with Gasteiger partial charge in [0.15, 0.2) is 5.13 Å². The van der Waals surface area contributed by atoms with Crippen LogP contribution >= 0.6 is 11.3 Å². The molecule has 0 saturated carbocycles. The third kappa shape index (κ3) is 2.76. The second kappa shape index (κ2) is 6.04. The zero-order valence-electron chi connectivity index (χ0n) is 13.2. The number of aromatic nitrogens is 2. The van der Waals surface area contributed by atoms with Crippen LogP contribution in [0.2, 0.25) is 0 Å². The number of benzene rings is 1. The number of hydrogen-bond acceptors (Lipinski definition) is 5. The van der Waals surface area contributed by atoms with Crippen LogP contribution in [0.15, 0.2) is 24.3 Å². The second-order valence-electron chi connectivity index (χ2n) is 5.17. The smallest absolute Gasteiger partial charge is 0.350 e. The molecule has 2 heterocycles. The SMILES string of the molecule is COC(=O)c1sc(NC(=O)c2cc3ccc(F)cc3n2C)nc1C. The molecule has 3 rings (SSSR count). The van der Waals surface area contributed by atoms with Crippen LogP contribution in [0.4, 0.5) is 9.52 Å². The molecule has 8 heteroatoms. The van der Waals surface area contributed by atoms with Crippen molar-refractivity contribution >= 4 is 39.2 Å². The summed E-state index contributed by atoms with van der Waals surface area (Å²) in [6, 6.07) is 6.00.